The molecule has 2 nitrogen and oxygen atoms in total. The molecule has 0 aromatic heterocycles. The predicted molar refractivity (Wildman–Crippen MR) is 69.7 cm³/mol. The topological polar surface area (TPSA) is 15.3 Å². The van der Waals surface area contributed by atoms with Gasteiger partial charge in [0.1, 0.15) is 0 Å². The van der Waals surface area contributed by atoms with E-state index in [4.69, 9.17) is 0 Å². The third-order valence-corrected chi connectivity index (χ3v) is 4.32. The summed E-state index contributed by atoms with van der Waals surface area (Å²) < 4.78 is 0. The van der Waals surface area contributed by atoms with Gasteiger partial charge in [0.15, 0.2) is 0 Å². The van der Waals surface area contributed by atoms with Crippen molar-refractivity contribution >= 4 is 0 Å². The lowest BCUT2D eigenvalue weighted by Gasteiger charge is -2.37. The van der Waals surface area contributed by atoms with Gasteiger partial charge in [-0.25, -0.2) is 0 Å². The van der Waals surface area contributed by atoms with Crippen LogP contribution in [0.15, 0.2) is 0 Å². The summed E-state index contributed by atoms with van der Waals surface area (Å²) in [4.78, 5) is 2.76. The molecular formula is C14H28N2. The Kier molecular flexibility index (Phi) is 4.66. The van der Waals surface area contributed by atoms with E-state index in [2.05, 4.69) is 24.1 Å². The summed E-state index contributed by atoms with van der Waals surface area (Å²) in [6.07, 6.45) is 8.39. The second kappa shape index (κ2) is 6.02. The van der Waals surface area contributed by atoms with Crippen molar-refractivity contribution in [2.45, 2.75) is 64.5 Å². The van der Waals surface area contributed by atoms with Gasteiger partial charge in [0.25, 0.3) is 0 Å². The fourth-order valence-corrected chi connectivity index (χ4v) is 3.36. The molecule has 1 aliphatic heterocycles. The van der Waals surface area contributed by atoms with Crippen LogP contribution in [0.5, 0.6) is 0 Å². The molecule has 0 aromatic rings. The molecule has 3 atom stereocenters. The Morgan fingerprint density at radius 3 is 2.81 bits per heavy atom. The molecule has 0 aromatic carbocycles. The van der Waals surface area contributed by atoms with Crippen molar-refractivity contribution in [3.8, 4) is 0 Å². The van der Waals surface area contributed by atoms with Crippen LogP contribution in [0.25, 0.3) is 0 Å². The van der Waals surface area contributed by atoms with Crippen molar-refractivity contribution in [1.82, 2.24) is 10.2 Å². The number of likely N-dealkylation sites (tertiary alicyclic amines) is 1. The number of nitrogens with zero attached hydrogens (tertiary/aromatic N) is 1. The zero-order valence-electron chi connectivity index (χ0n) is 11.0. The molecule has 1 saturated heterocycles. The second-order valence-corrected chi connectivity index (χ2v) is 5.86. The van der Waals surface area contributed by atoms with E-state index in [0.717, 1.165) is 18.0 Å². The van der Waals surface area contributed by atoms with Crippen molar-refractivity contribution in [2.75, 3.05) is 19.6 Å². The summed E-state index contributed by atoms with van der Waals surface area (Å²) in [6.45, 7) is 8.52. The highest BCUT2D eigenvalue weighted by atomic mass is 15.2. The number of hydrogen-bond donors (Lipinski definition) is 1. The smallest absolute Gasteiger partial charge is 0.0195 e. The van der Waals surface area contributed by atoms with Crippen LogP contribution < -0.4 is 5.32 Å². The molecule has 1 heterocycles. The lowest BCUT2D eigenvalue weighted by molar-refractivity contribution is 0.136. The summed E-state index contributed by atoms with van der Waals surface area (Å²) in [5.74, 6) is 0.967. The molecule has 2 rings (SSSR count). The van der Waals surface area contributed by atoms with E-state index in [1.54, 1.807) is 0 Å². The molecule has 0 bridgehead atoms. The molecule has 2 fully saturated rings. The van der Waals surface area contributed by atoms with Gasteiger partial charge in [0.2, 0.25) is 0 Å². The monoisotopic (exact) mass is 224 g/mol. The van der Waals surface area contributed by atoms with E-state index >= 15 is 0 Å². The summed E-state index contributed by atoms with van der Waals surface area (Å²) in [7, 11) is 0. The Morgan fingerprint density at radius 2 is 2.12 bits per heavy atom. The zero-order chi connectivity index (χ0) is 11.4. The third-order valence-electron chi connectivity index (χ3n) is 4.32. The van der Waals surface area contributed by atoms with Crippen LogP contribution in [-0.4, -0.2) is 36.6 Å². The molecule has 16 heavy (non-hydrogen) atoms. The van der Waals surface area contributed by atoms with Crippen LogP contribution in [0.1, 0.15) is 52.4 Å². The maximum absolute atomic E-state index is 3.69. The van der Waals surface area contributed by atoms with Crippen LogP contribution in [0.2, 0.25) is 0 Å². The van der Waals surface area contributed by atoms with Crippen LogP contribution in [0.4, 0.5) is 0 Å². The Balaban J connectivity index is 1.77. The maximum atomic E-state index is 3.69. The summed E-state index contributed by atoms with van der Waals surface area (Å²) >= 11 is 0. The van der Waals surface area contributed by atoms with Gasteiger partial charge in [-0.05, 0) is 57.5 Å². The number of piperidine rings is 1. The minimum absolute atomic E-state index is 0.768. The standard InChI is InChI=1S/C14H28N2/c1-3-8-15-13-5-4-9-16(11-13)14-7-6-12(2)10-14/h12-15H,3-11H2,1-2H3. The van der Waals surface area contributed by atoms with Crippen molar-refractivity contribution in [2.24, 2.45) is 5.92 Å². The van der Waals surface area contributed by atoms with E-state index in [1.165, 1.54) is 58.2 Å². The van der Waals surface area contributed by atoms with E-state index in [1.807, 2.05) is 0 Å². The van der Waals surface area contributed by atoms with E-state index in [0.29, 0.717) is 0 Å². The Hall–Kier alpha value is -0.0800. The normalized spacial score (nSPS) is 36.8. The molecule has 1 aliphatic carbocycles. The van der Waals surface area contributed by atoms with Gasteiger partial charge in [0.05, 0.1) is 0 Å². The zero-order valence-corrected chi connectivity index (χ0v) is 11.0. The highest BCUT2D eigenvalue weighted by Crippen LogP contribution is 2.30. The van der Waals surface area contributed by atoms with E-state index < -0.39 is 0 Å². The van der Waals surface area contributed by atoms with Crippen molar-refractivity contribution in [3.63, 3.8) is 0 Å². The lowest BCUT2D eigenvalue weighted by Crippen LogP contribution is -2.49. The van der Waals surface area contributed by atoms with E-state index in [9.17, 15) is 0 Å². The fraction of sp³-hybridized carbons (Fsp3) is 1.00. The molecule has 94 valence electrons. The lowest BCUT2D eigenvalue weighted by atomic mass is 10.0. The molecule has 3 unspecified atom stereocenters. The van der Waals surface area contributed by atoms with Gasteiger partial charge >= 0.3 is 0 Å². The highest BCUT2D eigenvalue weighted by Gasteiger charge is 2.30. The van der Waals surface area contributed by atoms with Gasteiger partial charge in [-0.1, -0.05) is 13.8 Å². The minimum atomic E-state index is 0.768. The summed E-state index contributed by atoms with van der Waals surface area (Å²) in [5, 5.41) is 3.69. The molecular weight excluding hydrogens is 196 g/mol. The minimum Gasteiger partial charge on any atom is -0.313 e. The van der Waals surface area contributed by atoms with Gasteiger partial charge < -0.3 is 5.32 Å². The van der Waals surface area contributed by atoms with Crippen molar-refractivity contribution < 1.29 is 0 Å². The Bertz CT molecular complexity index is 205. The van der Waals surface area contributed by atoms with Crippen LogP contribution >= 0.6 is 0 Å². The summed E-state index contributed by atoms with van der Waals surface area (Å²) in [6, 6.07) is 1.67. The number of nitrogens with one attached hydrogen (secondary N) is 1. The first-order valence-electron chi connectivity index (χ1n) is 7.27. The van der Waals surface area contributed by atoms with Crippen molar-refractivity contribution in [1.29, 1.82) is 0 Å². The molecule has 0 amide bonds. The van der Waals surface area contributed by atoms with Gasteiger partial charge in [0, 0.05) is 18.6 Å². The van der Waals surface area contributed by atoms with Gasteiger partial charge in [-0.3, -0.25) is 4.90 Å². The number of hydrogen-bond acceptors (Lipinski definition) is 2. The SMILES string of the molecule is CCCNC1CCCN(C2CCC(C)C2)C1. The van der Waals surface area contributed by atoms with Gasteiger partial charge in [-0.15, -0.1) is 0 Å². The molecule has 1 N–H and O–H groups in total. The molecule has 1 saturated carbocycles. The first kappa shape index (κ1) is 12.4. The predicted octanol–water partition coefficient (Wildman–Crippen LogP) is 2.64. The first-order chi connectivity index (χ1) is 7.79. The van der Waals surface area contributed by atoms with Crippen LogP contribution in [-0.2, 0) is 0 Å². The molecule has 0 radical (unpaired) electrons. The average molecular weight is 224 g/mol. The second-order valence-electron chi connectivity index (χ2n) is 5.86. The molecule has 2 heteroatoms. The molecule has 0 spiro atoms. The van der Waals surface area contributed by atoms with E-state index in [-0.39, 0.29) is 0 Å². The third kappa shape index (κ3) is 3.21. The van der Waals surface area contributed by atoms with Crippen LogP contribution in [0, 0.1) is 5.92 Å². The highest BCUT2D eigenvalue weighted by molar-refractivity contribution is 4.86. The van der Waals surface area contributed by atoms with Crippen LogP contribution in [0.3, 0.4) is 0 Å². The first-order valence-corrected chi connectivity index (χ1v) is 7.27. The van der Waals surface area contributed by atoms with Gasteiger partial charge in [-0.2, -0.15) is 0 Å². The Labute approximate surface area is 101 Å². The molecule has 2 aliphatic rings. The Morgan fingerprint density at radius 1 is 1.25 bits per heavy atom. The largest absolute Gasteiger partial charge is 0.313 e. The number of rotatable bonds is 4. The quantitative estimate of drug-likeness (QED) is 0.790. The average Bonchev–Trinajstić information content (AvgIpc) is 2.74. The summed E-state index contributed by atoms with van der Waals surface area (Å²) in [5.41, 5.74) is 0. The maximum Gasteiger partial charge on any atom is 0.0195 e. The van der Waals surface area contributed by atoms with Crippen molar-refractivity contribution in [3.05, 3.63) is 0 Å². The fourth-order valence-electron chi connectivity index (χ4n) is 3.36.